The summed E-state index contributed by atoms with van der Waals surface area (Å²) < 4.78 is 32.7. The van der Waals surface area contributed by atoms with Gasteiger partial charge in [0.25, 0.3) is 0 Å². The van der Waals surface area contributed by atoms with Crippen LogP contribution in [0.15, 0.2) is 17.0 Å². The lowest BCUT2D eigenvalue weighted by molar-refractivity contribution is 0.0265. The normalized spacial score (nSPS) is 18.6. The van der Waals surface area contributed by atoms with Crippen molar-refractivity contribution >= 4 is 27.3 Å². The van der Waals surface area contributed by atoms with E-state index in [1.54, 1.807) is 6.92 Å². The number of ether oxygens (including phenoxy) is 1. The van der Waals surface area contributed by atoms with Crippen LogP contribution in [-0.2, 0) is 14.8 Å². The van der Waals surface area contributed by atoms with E-state index in [1.165, 1.54) is 12.1 Å². The Hall–Kier alpha value is -0.820. The van der Waals surface area contributed by atoms with Crippen LogP contribution >= 0.6 is 11.6 Å². The van der Waals surface area contributed by atoms with Crippen LogP contribution in [0.3, 0.4) is 0 Å². The number of anilines is 1. The van der Waals surface area contributed by atoms with Gasteiger partial charge in [-0.15, -0.1) is 0 Å². The number of sulfonamides is 1. The number of halogens is 1. The van der Waals surface area contributed by atoms with Gasteiger partial charge in [0.2, 0.25) is 10.0 Å². The summed E-state index contributed by atoms with van der Waals surface area (Å²) in [5.41, 5.74) is 6.77. The van der Waals surface area contributed by atoms with Crippen LogP contribution < -0.4 is 10.5 Å². The van der Waals surface area contributed by atoms with E-state index in [1.807, 2.05) is 0 Å². The maximum absolute atomic E-state index is 12.4. The number of rotatable bonds is 4. The number of nitrogens with one attached hydrogen (secondary N) is 1. The van der Waals surface area contributed by atoms with E-state index >= 15 is 0 Å². The van der Waals surface area contributed by atoms with Gasteiger partial charge in [-0.1, -0.05) is 18.5 Å². The van der Waals surface area contributed by atoms with Gasteiger partial charge in [-0.2, -0.15) is 0 Å². The summed E-state index contributed by atoms with van der Waals surface area (Å²) in [5.74, 6) is 0. The SMILES string of the molecule is Cc1c(N)cc(S(=O)(=O)NCC2(C)CCOCC2)cc1Cl. The van der Waals surface area contributed by atoms with E-state index in [2.05, 4.69) is 11.6 Å². The summed E-state index contributed by atoms with van der Waals surface area (Å²) in [6, 6.07) is 2.87. The van der Waals surface area contributed by atoms with Gasteiger partial charge in [0.15, 0.2) is 0 Å². The average molecular weight is 333 g/mol. The minimum atomic E-state index is -3.61. The molecule has 1 aromatic rings. The van der Waals surface area contributed by atoms with Gasteiger partial charge >= 0.3 is 0 Å². The maximum atomic E-state index is 12.4. The van der Waals surface area contributed by atoms with Crippen LogP contribution in [0.4, 0.5) is 5.69 Å². The molecule has 1 aliphatic heterocycles. The molecule has 0 saturated carbocycles. The largest absolute Gasteiger partial charge is 0.398 e. The molecule has 0 aliphatic carbocycles. The monoisotopic (exact) mass is 332 g/mol. The molecule has 1 heterocycles. The summed E-state index contributed by atoms with van der Waals surface area (Å²) in [5, 5.41) is 0.354. The fraction of sp³-hybridized carbons (Fsp3) is 0.571. The molecule has 0 spiro atoms. The topological polar surface area (TPSA) is 81.4 Å². The molecule has 0 bridgehead atoms. The molecule has 21 heavy (non-hydrogen) atoms. The summed E-state index contributed by atoms with van der Waals surface area (Å²) in [7, 11) is -3.61. The Morgan fingerprint density at radius 3 is 2.57 bits per heavy atom. The lowest BCUT2D eigenvalue weighted by Crippen LogP contribution is -2.39. The molecule has 3 N–H and O–H groups in total. The van der Waals surface area contributed by atoms with Gasteiger partial charge in [-0.3, -0.25) is 0 Å². The van der Waals surface area contributed by atoms with Crippen molar-refractivity contribution in [2.24, 2.45) is 5.41 Å². The third-order valence-electron chi connectivity index (χ3n) is 4.06. The van der Waals surface area contributed by atoms with Crippen molar-refractivity contribution in [3.05, 3.63) is 22.7 Å². The first-order chi connectivity index (χ1) is 9.73. The molecule has 2 rings (SSSR count). The second-order valence-electron chi connectivity index (χ2n) is 5.87. The van der Waals surface area contributed by atoms with E-state index in [0.29, 0.717) is 36.0 Å². The molecule has 0 aromatic heterocycles. The maximum Gasteiger partial charge on any atom is 0.240 e. The fourth-order valence-corrected chi connectivity index (χ4v) is 3.77. The molecule has 7 heteroatoms. The van der Waals surface area contributed by atoms with Crippen LogP contribution in [0.5, 0.6) is 0 Å². The molecular formula is C14H21ClN2O3S. The lowest BCUT2D eigenvalue weighted by Gasteiger charge is -2.33. The predicted octanol–water partition coefficient (Wildman–Crippen LogP) is 2.33. The Bertz CT molecular complexity index is 602. The Morgan fingerprint density at radius 1 is 1.38 bits per heavy atom. The third-order valence-corrected chi connectivity index (χ3v) is 5.83. The molecule has 1 fully saturated rings. The quantitative estimate of drug-likeness (QED) is 0.829. The fourth-order valence-electron chi connectivity index (χ4n) is 2.22. The Morgan fingerprint density at radius 2 is 2.00 bits per heavy atom. The Balaban J connectivity index is 2.15. The van der Waals surface area contributed by atoms with Gasteiger partial charge in [0, 0.05) is 30.5 Å². The number of benzene rings is 1. The smallest absolute Gasteiger partial charge is 0.240 e. The van der Waals surface area contributed by atoms with Crippen molar-refractivity contribution in [2.45, 2.75) is 31.6 Å². The van der Waals surface area contributed by atoms with Crippen molar-refractivity contribution in [3.8, 4) is 0 Å². The zero-order valence-electron chi connectivity index (χ0n) is 12.3. The predicted molar refractivity (Wildman–Crippen MR) is 83.9 cm³/mol. The summed E-state index contributed by atoms with van der Waals surface area (Å²) in [6.45, 7) is 5.53. The molecule has 5 nitrogen and oxygen atoms in total. The van der Waals surface area contributed by atoms with Crippen molar-refractivity contribution in [1.82, 2.24) is 4.72 Å². The molecule has 1 saturated heterocycles. The minimum absolute atomic E-state index is 0.0780. The molecule has 0 amide bonds. The van der Waals surface area contributed by atoms with E-state index in [4.69, 9.17) is 22.1 Å². The van der Waals surface area contributed by atoms with E-state index in [9.17, 15) is 8.42 Å². The molecule has 1 aromatic carbocycles. The zero-order valence-corrected chi connectivity index (χ0v) is 13.9. The van der Waals surface area contributed by atoms with Crippen LogP contribution in [0, 0.1) is 12.3 Å². The average Bonchev–Trinajstić information content (AvgIpc) is 2.43. The first-order valence-electron chi connectivity index (χ1n) is 6.87. The highest BCUT2D eigenvalue weighted by atomic mass is 35.5. The summed E-state index contributed by atoms with van der Waals surface area (Å²) >= 11 is 6.01. The van der Waals surface area contributed by atoms with E-state index < -0.39 is 10.0 Å². The van der Waals surface area contributed by atoms with Crippen LogP contribution in [0.25, 0.3) is 0 Å². The highest BCUT2D eigenvalue weighted by molar-refractivity contribution is 7.89. The number of nitrogens with two attached hydrogens (primary N) is 1. The van der Waals surface area contributed by atoms with Crippen LogP contribution in [0.2, 0.25) is 5.02 Å². The van der Waals surface area contributed by atoms with Gasteiger partial charge in [-0.05, 0) is 42.9 Å². The first kappa shape index (κ1) is 16.5. The highest BCUT2D eigenvalue weighted by Gasteiger charge is 2.29. The molecule has 0 atom stereocenters. The summed E-state index contributed by atoms with van der Waals surface area (Å²) in [4.78, 5) is 0.103. The molecule has 0 unspecified atom stereocenters. The van der Waals surface area contributed by atoms with E-state index in [0.717, 1.165) is 12.8 Å². The van der Waals surface area contributed by atoms with Crippen LogP contribution in [0.1, 0.15) is 25.3 Å². The number of nitrogen functional groups attached to an aromatic ring is 1. The van der Waals surface area contributed by atoms with Crippen molar-refractivity contribution in [1.29, 1.82) is 0 Å². The molecular weight excluding hydrogens is 312 g/mol. The number of hydrogen-bond acceptors (Lipinski definition) is 4. The Kier molecular flexibility index (Phi) is 4.82. The molecule has 118 valence electrons. The zero-order chi connectivity index (χ0) is 15.7. The third kappa shape index (κ3) is 3.88. The minimum Gasteiger partial charge on any atom is -0.398 e. The first-order valence-corrected chi connectivity index (χ1v) is 8.73. The van der Waals surface area contributed by atoms with Gasteiger partial charge in [-0.25, -0.2) is 13.1 Å². The number of hydrogen-bond donors (Lipinski definition) is 2. The second-order valence-corrected chi connectivity index (χ2v) is 8.04. The second kappa shape index (κ2) is 6.12. The molecule has 1 aliphatic rings. The van der Waals surface area contributed by atoms with Gasteiger partial charge in [0.05, 0.1) is 4.90 Å². The standard InChI is InChI=1S/C14H21ClN2O3S/c1-10-12(15)7-11(8-13(10)16)21(18,19)17-9-14(2)3-5-20-6-4-14/h7-8,17H,3-6,9,16H2,1-2H3. The Labute approximate surface area is 130 Å². The summed E-state index contributed by atoms with van der Waals surface area (Å²) in [6.07, 6.45) is 1.68. The lowest BCUT2D eigenvalue weighted by atomic mass is 9.83. The van der Waals surface area contributed by atoms with Crippen molar-refractivity contribution < 1.29 is 13.2 Å². The highest BCUT2D eigenvalue weighted by Crippen LogP contribution is 2.30. The van der Waals surface area contributed by atoms with E-state index in [-0.39, 0.29) is 10.3 Å². The van der Waals surface area contributed by atoms with Gasteiger partial charge < -0.3 is 10.5 Å². The van der Waals surface area contributed by atoms with Crippen molar-refractivity contribution in [2.75, 3.05) is 25.5 Å². The van der Waals surface area contributed by atoms with Crippen molar-refractivity contribution in [3.63, 3.8) is 0 Å². The van der Waals surface area contributed by atoms with Gasteiger partial charge in [0.1, 0.15) is 0 Å². The molecule has 0 radical (unpaired) electrons. The van der Waals surface area contributed by atoms with Crippen LogP contribution in [-0.4, -0.2) is 28.2 Å².